The summed E-state index contributed by atoms with van der Waals surface area (Å²) in [5.74, 6) is 0.643. The number of benzene rings is 1. The first-order chi connectivity index (χ1) is 9.78. The zero-order valence-corrected chi connectivity index (χ0v) is 12.0. The van der Waals surface area contributed by atoms with E-state index in [0.717, 1.165) is 51.4 Å². The Morgan fingerprint density at radius 1 is 1.40 bits per heavy atom. The largest absolute Gasteiger partial charge is 0.381 e. The summed E-state index contributed by atoms with van der Waals surface area (Å²) in [6.45, 7) is 7.02. The topological polar surface area (TPSA) is 41.6 Å². The van der Waals surface area contributed by atoms with Gasteiger partial charge >= 0.3 is 0 Å². The van der Waals surface area contributed by atoms with E-state index in [1.807, 2.05) is 24.0 Å². The molecule has 1 amide bonds. The van der Waals surface area contributed by atoms with Crippen LogP contribution >= 0.6 is 0 Å². The minimum absolute atomic E-state index is 0.147. The molecule has 1 saturated heterocycles. The number of rotatable bonds is 4. The molecular weight excluding hydrogens is 252 g/mol. The van der Waals surface area contributed by atoms with Crippen LogP contribution in [0.25, 0.3) is 0 Å². The zero-order valence-electron chi connectivity index (χ0n) is 12.0. The summed E-state index contributed by atoms with van der Waals surface area (Å²) in [6.07, 6.45) is 1.07. The number of amides is 1. The maximum absolute atomic E-state index is 12.6. The normalized spacial score (nSPS) is 20.9. The van der Waals surface area contributed by atoms with Crippen LogP contribution in [0.15, 0.2) is 18.2 Å². The van der Waals surface area contributed by atoms with Crippen molar-refractivity contribution in [2.24, 2.45) is 5.92 Å². The molecule has 0 spiro atoms. The van der Waals surface area contributed by atoms with E-state index in [1.54, 1.807) is 0 Å². The Balaban J connectivity index is 1.72. The number of ether oxygens (including phenoxy) is 1. The van der Waals surface area contributed by atoms with Gasteiger partial charge in [0, 0.05) is 44.3 Å². The first-order valence-corrected chi connectivity index (χ1v) is 7.47. The van der Waals surface area contributed by atoms with Crippen molar-refractivity contribution in [2.45, 2.75) is 26.4 Å². The van der Waals surface area contributed by atoms with Crippen molar-refractivity contribution in [3.63, 3.8) is 0 Å². The van der Waals surface area contributed by atoms with E-state index < -0.39 is 0 Å². The Hall–Kier alpha value is -1.39. The maximum Gasteiger partial charge on any atom is 0.253 e. The number of hydrogen-bond donors (Lipinski definition) is 1. The molecule has 0 radical (unpaired) electrons. The lowest BCUT2D eigenvalue weighted by Gasteiger charge is -2.24. The fourth-order valence-electron chi connectivity index (χ4n) is 3.01. The summed E-state index contributed by atoms with van der Waals surface area (Å²) in [6, 6.07) is 6.09. The summed E-state index contributed by atoms with van der Waals surface area (Å²) in [7, 11) is 0. The molecule has 1 N–H and O–H groups in total. The van der Waals surface area contributed by atoms with Crippen molar-refractivity contribution in [3.05, 3.63) is 34.9 Å². The van der Waals surface area contributed by atoms with Gasteiger partial charge in [-0.2, -0.15) is 0 Å². The lowest BCUT2D eigenvalue weighted by molar-refractivity contribution is 0.0730. The first-order valence-electron chi connectivity index (χ1n) is 7.47. The van der Waals surface area contributed by atoms with Crippen molar-refractivity contribution in [1.29, 1.82) is 0 Å². The standard InChI is InChI=1S/C16H22N2O2/c1-2-18(10-12-5-6-20-11-12)16(19)13-3-4-14-8-17-9-15(14)7-13/h3-4,7,12,17H,2,5-6,8-11H2,1H3. The predicted molar refractivity (Wildman–Crippen MR) is 77.5 cm³/mol. The quantitative estimate of drug-likeness (QED) is 0.910. The first kappa shape index (κ1) is 13.6. The van der Waals surface area contributed by atoms with Crippen LogP contribution in [0.5, 0.6) is 0 Å². The van der Waals surface area contributed by atoms with Crippen LogP contribution in [0.3, 0.4) is 0 Å². The van der Waals surface area contributed by atoms with E-state index in [9.17, 15) is 4.79 Å². The van der Waals surface area contributed by atoms with E-state index in [0.29, 0.717) is 5.92 Å². The van der Waals surface area contributed by atoms with Gasteiger partial charge in [-0.3, -0.25) is 4.79 Å². The molecule has 20 heavy (non-hydrogen) atoms. The summed E-state index contributed by atoms with van der Waals surface area (Å²) in [5, 5.41) is 3.31. The van der Waals surface area contributed by atoms with Gasteiger partial charge in [0.1, 0.15) is 0 Å². The Bertz CT molecular complexity index is 495. The van der Waals surface area contributed by atoms with E-state index in [2.05, 4.69) is 11.4 Å². The minimum atomic E-state index is 0.147. The van der Waals surface area contributed by atoms with Gasteiger partial charge in [-0.25, -0.2) is 0 Å². The number of fused-ring (bicyclic) bond motifs is 1. The molecule has 2 aliphatic rings. The van der Waals surface area contributed by atoms with Crippen molar-refractivity contribution in [1.82, 2.24) is 10.2 Å². The highest BCUT2D eigenvalue weighted by Crippen LogP contribution is 2.20. The SMILES string of the molecule is CCN(CC1CCOC1)C(=O)c1ccc2c(c1)CNC2. The minimum Gasteiger partial charge on any atom is -0.381 e. The molecule has 4 nitrogen and oxygen atoms in total. The monoisotopic (exact) mass is 274 g/mol. The molecule has 2 aliphatic heterocycles. The van der Waals surface area contributed by atoms with Gasteiger partial charge < -0.3 is 15.0 Å². The van der Waals surface area contributed by atoms with Crippen molar-refractivity contribution in [3.8, 4) is 0 Å². The van der Waals surface area contributed by atoms with Gasteiger partial charge in [0.05, 0.1) is 6.61 Å². The Kier molecular flexibility index (Phi) is 4.03. The molecule has 2 heterocycles. The maximum atomic E-state index is 12.6. The molecular formula is C16H22N2O2. The van der Waals surface area contributed by atoms with Crippen molar-refractivity contribution in [2.75, 3.05) is 26.3 Å². The number of carbonyl (C=O) groups is 1. The average molecular weight is 274 g/mol. The third kappa shape index (κ3) is 2.72. The van der Waals surface area contributed by atoms with Crippen LogP contribution in [0.1, 0.15) is 34.8 Å². The van der Waals surface area contributed by atoms with Gasteiger partial charge in [-0.05, 0) is 36.6 Å². The average Bonchev–Trinajstić information content (AvgIpc) is 3.14. The lowest BCUT2D eigenvalue weighted by Crippen LogP contribution is -2.35. The highest BCUT2D eigenvalue weighted by atomic mass is 16.5. The predicted octanol–water partition coefficient (Wildman–Crippen LogP) is 1.79. The van der Waals surface area contributed by atoms with Crippen LogP contribution in [0.4, 0.5) is 0 Å². The summed E-state index contributed by atoms with van der Waals surface area (Å²) < 4.78 is 5.40. The third-order valence-electron chi connectivity index (χ3n) is 4.26. The molecule has 108 valence electrons. The molecule has 4 heteroatoms. The highest BCUT2D eigenvalue weighted by Gasteiger charge is 2.23. The van der Waals surface area contributed by atoms with E-state index in [1.165, 1.54) is 11.1 Å². The number of nitrogens with one attached hydrogen (secondary N) is 1. The second kappa shape index (κ2) is 5.94. The second-order valence-corrected chi connectivity index (χ2v) is 5.66. The fraction of sp³-hybridized carbons (Fsp3) is 0.562. The molecule has 0 bridgehead atoms. The fourth-order valence-corrected chi connectivity index (χ4v) is 3.01. The molecule has 1 aromatic rings. The Labute approximate surface area is 120 Å². The van der Waals surface area contributed by atoms with Gasteiger partial charge in [0.15, 0.2) is 0 Å². The van der Waals surface area contributed by atoms with Crippen LogP contribution in [-0.2, 0) is 17.8 Å². The summed E-state index contributed by atoms with van der Waals surface area (Å²) in [4.78, 5) is 14.6. The molecule has 1 unspecified atom stereocenters. The van der Waals surface area contributed by atoms with Crippen LogP contribution in [-0.4, -0.2) is 37.1 Å². The molecule has 0 aliphatic carbocycles. The molecule has 1 fully saturated rings. The Morgan fingerprint density at radius 2 is 2.25 bits per heavy atom. The third-order valence-corrected chi connectivity index (χ3v) is 4.26. The van der Waals surface area contributed by atoms with Gasteiger partial charge in [-0.15, -0.1) is 0 Å². The van der Waals surface area contributed by atoms with Crippen LogP contribution < -0.4 is 5.32 Å². The summed E-state index contributed by atoms with van der Waals surface area (Å²) >= 11 is 0. The van der Waals surface area contributed by atoms with Gasteiger partial charge in [0.2, 0.25) is 0 Å². The van der Waals surface area contributed by atoms with E-state index >= 15 is 0 Å². The highest BCUT2D eigenvalue weighted by molar-refractivity contribution is 5.94. The molecule has 0 aromatic heterocycles. The molecule has 1 aromatic carbocycles. The lowest BCUT2D eigenvalue weighted by atomic mass is 10.0. The van der Waals surface area contributed by atoms with Crippen LogP contribution in [0, 0.1) is 5.92 Å². The van der Waals surface area contributed by atoms with Gasteiger partial charge in [-0.1, -0.05) is 6.07 Å². The van der Waals surface area contributed by atoms with Crippen molar-refractivity contribution < 1.29 is 9.53 Å². The number of carbonyl (C=O) groups excluding carboxylic acids is 1. The smallest absolute Gasteiger partial charge is 0.253 e. The van der Waals surface area contributed by atoms with Crippen molar-refractivity contribution >= 4 is 5.91 Å². The number of hydrogen-bond acceptors (Lipinski definition) is 3. The Morgan fingerprint density at radius 3 is 3.00 bits per heavy atom. The number of nitrogens with zero attached hydrogens (tertiary/aromatic N) is 1. The summed E-state index contributed by atoms with van der Waals surface area (Å²) in [5.41, 5.74) is 3.39. The van der Waals surface area contributed by atoms with Gasteiger partial charge in [0.25, 0.3) is 5.91 Å². The molecule has 1 atom stereocenters. The van der Waals surface area contributed by atoms with Crippen LogP contribution in [0.2, 0.25) is 0 Å². The van der Waals surface area contributed by atoms with E-state index in [4.69, 9.17) is 4.74 Å². The molecule has 3 rings (SSSR count). The second-order valence-electron chi connectivity index (χ2n) is 5.66. The molecule has 0 saturated carbocycles. The zero-order chi connectivity index (χ0) is 13.9. The van der Waals surface area contributed by atoms with E-state index in [-0.39, 0.29) is 5.91 Å².